The van der Waals surface area contributed by atoms with E-state index in [0.29, 0.717) is 0 Å². The summed E-state index contributed by atoms with van der Waals surface area (Å²) < 4.78 is 59.8. The van der Waals surface area contributed by atoms with Crippen LogP contribution in [0.25, 0.3) is 0 Å². The highest BCUT2D eigenvalue weighted by molar-refractivity contribution is 7.93. The molecule has 3 aromatic rings. The summed E-state index contributed by atoms with van der Waals surface area (Å²) in [4.78, 5) is 3.59. The molecule has 2 N–H and O–H groups in total. The molecule has 0 saturated carbocycles. The van der Waals surface area contributed by atoms with Gasteiger partial charge in [0.05, 0.1) is 17.0 Å². The number of nitrogens with one attached hydrogen (secondary N) is 2. The van der Waals surface area contributed by atoms with Crippen molar-refractivity contribution < 1.29 is 21.6 Å². The Hall–Kier alpha value is -2.53. The van der Waals surface area contributed by atoms with Crippen LogP contribution in [-0.4, -0.2) is 28.9 Å². The summed E-state index contributed by atoms with van der Waals surface area (Å²) in [5.74, 6) is 0.392. The summed E-state index contributed by atoms with van der Waals surface area (Å²) in [6.45, 7) is 0. The van der Waals surface area contributed by atoms with Gasteiger partial charge in [-0.3, -0.25) is 9.44 Å². The van der Waals surface area contributed by atoms with E-state index >= 15 is 0 Å². The summed E-state index contributed by atoms with van der Waals surface area (Å²) in [6.07, 6.45) is 1.45. The second-order valence-corrected chi connectivity index (χ2v) is 9.93. The van der Waals surface area contributed by atoms with Crippen LogP contribution in [-0.2, 0) is 20.0 Å². The molecule has 0 bridgehead atoms. The fraction of sp³-hybridized carbons (Fsp3) is 0.0556. The second-order valence-electron chi connectivity index (χ2n) is 5.84. The number of aromatic nitrogens is 1. The van der Waals surface area contributed by atoms with Gasteiger partial charge in [0.15, 0.2) is 0 Å². The maximum atomic E-state index is 12.7. The quantitative estimate of drug-likeness (QED) is 0.520. The first-order valence-corrected chi connectivity index (χ1v) is 11.9. The Bertz CT molecular complexity index is 1270. The number of pyridine rings is 1. The van der Waals surface area contributed by atoms with E-state index in [2.05, 4.69) is 14.4 Å². The normalized spacial score (nSPS) is 11.7. The van der Waals surface area contributed by atoms with Crippen molar-refractivity contribution in [1.82, 2.24) is 4.98 Å². The maximum Gasteiger partial charge on any atom is 0.263 e. The Morgan fingerprint density at radius 1 is 0.833 bits per heavy atom. The number of ether oxygens (including phenoxy) is 1. The largest absolute Gasteiger partial charge is 0.495 e. The molecule has 0 fully saturated rings. The minimum atomic E-state index is -4.09. The van der Waals surface area contributed by atoms with Crippen molar-refractivity contribution in [2.75, 3.05) is 16.6 Å². The lowest BCUT2D eigenvalue weighted by atomic mass is 10.3. The Labute approximate surface area is 183 Å². The van der Waals surface area contributed by atoms with Gasteiger partial charge in [-0.05, 0) is 48.5 Å². The summed E-state index contributed by atoms with van der Waals surface area (Å²) in [5.41, 5.74) is 0.134. The number of rotatable bonds is 7. The van der Waals surface area contributed by atoms with E-state index in [-0.39, 0.29) is 37.1 Å². The molecular weight excluding hydrogens is 473 g/mol. The number of methoxy groups -OCH3 is 1. The Morgan fingerprint density at radius 3 is 2.13 bits per heavy atom. The SMILES string of the molecule is COc1ccc(S(=O)(=O)Nc2ccc(S(=O)(=O)Nc3ccccn3)cc2)c(Cl)c1Cl. The van der Waals surface area contributed by atoms with Crippen molar-refractivity contribution in [3.63, 3.8) is 0 Å². The number of anilines is 2. The molecular formula is C18H15Cl2N3O5S2. The third kappa shape index (κ3) is 4.78. The average molecular weight is 488 g/mol. The van der Waals surface area contributed by atoms with Crippen molar-refractivity contribution in [3.05, 3.63) is 70.8 Å². The third-order valence-electron chi connectivity index (χ3n) is 3.84. The summed E-state index contributed by atoms with van der Waals surface area (Å²) in [7, 11) is -6.60. The molecule has 0 atom stereocenters. The summed E-state index contributed by atoms with van der Waals surface area (Å²) >= 11 is 12.1. The van der Waals surface area contributed by atoms with Crippen LogP contribution in [0.4, 0.5) is 11.5 Å². The first kappa shape index (κ1) is 22.2. The van der Waals surface area contributed by atoms with Gasteiger partial charge in [0.1, 0.15) is 21.5 Å². The molecule has 8 nitrogen and oxygen atoms in total. The molecule has 12 heteroatoms. The van der Waals surface area contributed by atoms with E-state index in [1.54, 1.807) is 12.1 Å². The number of hydrogen-bond donors (Lipinski definition) is 2. The molecule has 0 aliphatic heterocycles. The fourth-order valence-corrected chi connectivity index (χ4v) is 5.32. The van der Waals surface area contributed by atoms with Gasteiger partial charge in [0, 0.05) is 11.9 Å². The number of nitrogens with zero attached hydrogens (tertiary/aromatic N) is 1. The topological polar surface area (TPSA) is 114 Å². The molecule has 0 aliphatic rings. The van der Waals surface area contributed by atoms with Crippen LogP contribution in [0, 0.1) is 0 Å². The molecule has 0 unspecified atom stereocenters. The van der Waals surface area contributed by atoms with Crippen LogP contribution < -0.4 is 14.2 Å². The Kier molecular flexibility index (Phi) is 6.41. The summed E-state index contributed by atoms with van der Waals surface area (Å²) in [5, 5.41) is -0.230. The zero-order valence-corrected chi connectivity index (χ0v) is 18.5. The fourth-order valence-electron chi connectivity index (χ4n) is 2.41. The van der Waals surface area contributed by atoms with E-state index in [1.165, 1.54) is 55.8 Å². The molecule has 1 heterocycles. The first-order valence-electron chi connectivity index (χ1n) is 8.23. The lowest BCUT2D eigenvalue weighted by molar-refractivity contribution is 0.414. The highest BCUT2D eigenvalue weighted by Crippen LogP contribution is 2.37. The standard InChI is InChI=1S/C18H15Cl2N3O5S2/c1-28-14-9-10-15(18(20)17(14)19)30(26,27)22-12-5-7-13(8-6-12)29(24,25)23-16-4-2-3-11-21-16/h2-11,22H,1H3,(H,21,23). The highest BCUT2D eigenvalue weighted by atomic mass is 35.5. The van der Waals surface area contributed by atoms with Gasteiger partial charge in [-0.1, -0.05) is 29.3 Å². The molecule has 0 radical (unpaired) electrons. The molecule has 2 aromatic carbocycles. The van der Waals surface area contributed by atoms with Crippen LogP contribution in [0.2, 0.25) is 10.0 Å². The number of halogens is 2. The van der Waals surface area contributed by atoms with Gasteiger partial charge in [0.25, 0.3) is 20.0 Å². The molecule has 1 aromatic heterocycles. The molecule has 3 rings (SSSR count). The van der Waals surface area contributed by atoms with Crippen molar-refractivity contribution >= 4 is 54.8 Å². The van der Waals surface area contributed by atoms with E-state index in [0.717, 1.165) is 0 Å². The van der Waals surface area contributed by atoms with E-state index in [4.69, 9.17) is 27.9 Å². The van der Waals surface area contributed by atoms with E-state index in [9.17, 15) is 16.8 Å². The average Bonchev–Trinajstić information content (AvgIpc) is 2.70. The lowest BCUT2D eigenvalue weighted by Gasteiger charge is -2.13. The Balaban J connectivity index is 1.82. The van der Waals surface area contributed by atoms with Gasteiger partial charge in [-0.25, -0.2) is 21.8 Å². The zero-order valence-electron chi connectivity index (χ0n) is 15.3. The monoisotopic (exact) mass is 487 g/mol. The van der Waals surface area contributed by atoms with Crippen LogP contribution in [0.5, 0.6) is 5.75 Å². The van der Waals surface area contributed by atoms with Crippen molar-refractivity contribution in [2.24, 2.45) is 0 Å². The van der Waals surface area contributed by atoms with Crippen LogP contribution in [0.1, 0.15) is 0 Å². The first-order chi connectivity index (χ1) is 14.1. The van der Waals surface area contributed by atoms with Crippen molar-refractivity contribution in [1.29, 1.82) is 0 Å². The van der Waals surface area contributed by atoms with Crippen LogP contribution in [0.15, 0.2) is 70.6 Å². The number of benzene rings is 2. The second kappa shape index (κ2) is 8.68. The molecule has 0 amide bonds. The van der Waals surface area contributed by atoms with Gasteiger partial charge in [-0.15, -0.1) is 0 Å². The Morgan fingerprint density at radius 2 is 1.53 bits per heavy atom. The predicted octanol–water partition coefficient (Wildman–Crippen LogP) is 4.00. The molecule has 0 saturated heterocycles. The maximum absolute atomic E-state index is 12.7. The minimum Gasteiger partial charge on any atom is -0.495 e. The van der Waals surface area contributed by atoms with Crippen LogP contribution in [0.3, 0.4) is 0 Å². The highest BCUT2D eigenvalue weighted by Gasteiger charge is 2.22. The lowest BCUT2D eigenvalue weighted by Crippen LogP contribution is -2.15. The van der Waals surface area contributed by atoms with Gasteiger partial charge in [0.2, 0.25) is 0 Å². The number of sulfonamides is 2. The molecule has 0 aliphatic carbocycles. The third-order valence-corrected chi connectivity index (χ3v) is 7.61. The van der Waals surface area contributed by atoms with Crippen molar-refractivity contribution in [3.8, 4) is 5.75 Å². The van der Waals surface area contributed by atoms with Gasteiger partial charge >= 0.3 is 0 Å². The van der Waals surface area contributed by atoms with Gasteiger partial charge < -0.3 is 4.74 Å². The van der Waals surface area contributed by atoms with E-state index in [1.807, 2.05) is 0 Å². The van der Waals surface area contributed by atoms with Crippen molar-refractivity contribution in [2.45, 2.75) is 9.79 Å². The van der Waals surface area contributed by atoms with E-state index < -0.39 is 20.0 Å². The minimum absolute atomic E-state index is 0.0379. The molecule has 30 heavy (non-hydrogen) atoms. The van der Waals surface area contributed by atoms with Gasteiger partial charge in [-0.2, -0.15) is 0 Å². The molecule has 158 valence electrons. The smallest absolute Gasteiger partial charge is 0.263 e. The summed E-state index contributed by atoms with van der Waals surface area (Å²) in [6, 6.07) is 12.6. The molecule has 0 spiro atoms. The zero-order chi connectivity index (χ0) is 21.9. The van der Waals surface area contributed by atoms with Crippen LogP contribution >= 0.6 is 23.2 Å². The number of hydrogen-bond acceptors (Lipinski definition) is 6. The predicted molar refractivity (Wildman–Crippen MR) is 115 cm³/mol.